The van der Waals surface area contributed by atoms with Crippen LogP contribution in [0.25, 0.3) is 0 Å². The molecule has 2 nitrogen and oxygen atoms in total. The van der Waals surface area contributed by atoms with Crippen LogP contribution in [0.3, 0.4) is 0 Å². The summed E-state index contributed by atoms with van der Waals surface area (Å²) in [4.78, 5) is 6.09. The first-order chi connectivity index (χ1) is 8.79. The van der Waals surface area contributed by atoms with Gasteiger partial charge in [0.1, 0.15) is 0 Å². The molecule has 1 N–H and O–H groups in total. The first kappa shape index (κ1) is 13.7. The molecule has 0 radical (unpaired) electrons. The van der Waals surface area contributed by atoms with Gasteiger partial charge in [-0.2, -0.15) is 0 Å². The third kappa shape index (κ3) is 3.90. The fourth-order valence-electron chi connectivity index (χ4n) is 1.95. The van der Waals surface area contributed by atoms with Gasteiger partial charge in [-0.25, -0.2) is 4.98 Å². The average Bonchev–Trinajstić information content (AvgIpc) is 3.01. The summed E-state index contributed by atoms with van der Waals surface area (Å²) >= 11 is 3.58. The van der Waals surface area contributed by atoms with Gasteiger partial charge in [0.15, 0.2) is 0 Å². The molecule has 1 unspecified atom stereocenters. The SMILES string of the molecule is CCCNC(CCc1cccs1)c1csc(C)n1. The topological polar surface area (TPSA) is 24.9 Å². The van der Waals surface area contributed by atoms with Gasteiger partial charge in [-0.1, -0.05) is 13.0 Å². The third-order valence-electron chi connectivity index (χ3n) is 2.89. The van der Waals surface area contributed by atoms with Gasteiger partial charge in [0.05, 0.1) is 16.7 Å². The van der Waals surface area contributed by atoms with Crippen molar-refractivity contribution in [3.8, 4) is 0 Å². The number of hydrogen-bond acceptors (Lipinski definition) is 4. The summed E-state index contributed by atoms with van der Waals surface area (Å²) < 4.78 is 0. The lowest BCUT2D eigenvalue weighted by Gasteiger charge is -2.16. The second-order valence-corrected chi connectivity index (χ2v) is 6.51. The lowest BCUT2D eigenvalue weighted by molar-refractivity contribution is 0.492. The molecule has 2 rings (SSSR count). The van der Waals surface area contributed by atoms with Crippen molar-refractivity contribution in [2.24, 2.45) is 0 Å². The van der Waals surface area contributed by atoms with Gasteiger partial charge >= 0.3 is 0 Å². The van der Waals surface area contributed by atoms with Crippen LogP contribution in [0.15, 0.2) is 22.9 Å². The standard InChI is InChI=1S/C14H20N2S2/c1-3-8-15-13(14-10-18-11(2)16-14)7-6-12-5-4-9-17-12/h4-5,9-10,13,15H,3,6-8H2,1-2H3. The predicted molar refractivity (Wildman–Crippen MR) is 80.5 cm³/mol. The largest absolute Gasteiger partial charge is 0.309 e. The van der Waals surface area contributed by atoms with Gasteiger partial charge in [-0.05, 0) is 44.2 Å². The zero-order chi connectivity index (χ0) is 12.8. The molecule has 18 heavy (non-hydrogen) atoms. The first-order valence-electron chi connectivity index (χ1n) is 6.47. The Morgan fingerprint density at radius 2 is 2.28 bits per heavy atom. The van der Waals surface area contributed by atoms with Crippen molar-refractivity contribution in [1.29, 1.82) is 0 Å². The number of thiazole rings is 1. The summed E-state index contributed by atoms with van der Waals surface area (Å²) in [6, 6.07) is 4.74. The van der Waals surface area contributed by atoms with Gasteiger partial charge in [0, 0.05) is 10.3 Å². The summed E-state index contributed by atoms with van der Waals surface area (Å²) in [5.41, 5.74) is 1.21. The van der Waals surface area contributed by atoms with E-state index in [1.54, 1.807) is 11.3 Å². The van der Waals surface area contributed by atoms with Crippen molar-refractivity contribution in [3.63, 3.8) is 0 Å². The van der Waals surface area contributed by atoms with Crippen LogP contribution in [0, 0.1) is 6.92 Å². The van der Waals surface area contributed by atoms with Crippen LogP contribution in [-0.4, -0.2) is 11.5 Å². The fourth-order valence-corrected chi connectivity index (χ4v) is 3.35. The van der Waals surface area contributed by atoms with E-state index in [-0.39, 0.29) is 0 Å². The zero-order valence-electron chi connectivity index (χ0n) is 11.0. The first-order valence-corrected chi connectivity index (χ1v) is 8.23. The molecule has 98 valence electrons. The van der Waals surface area contributed by atoms with Crippen molar-refractivity contribution in [2.45, 2.75) is 39.2 Å². The van der Waals surface area contributed by atoms with Gasteiger partial charge in [-0.3, -0.25) is 0 Å². The number of aromatic nitrogens is 1. The number of nitrogens with zero attached hydrogens (tertiary/aromatic N) is 1. The number of aryl methyl sites for hydroxylation is 2. The molecule has 1 atom stereocenters. The van der Waals surface area contributed by atoms with Crippen LogP contribution in [-0.2, 0) is 6.42 Å². The second-order valence-electron chi connectivity index (χ2n) is 4.42. The molecule has 4 heteroatoms. The van der Waals surface area contributed by atoms with E-state index in [9.17, 15) is 0 Å². The molecule has 0 aromatic carbocycles. The molecular formula is C14H20N2S2. The molecule has 0 fully saturated rings. The summed E-state index contributed by atoms with van der Waals surface area (Å²) in [6.07, 6.45) is 3.43. The summed E-state index contributed by atoms with van der Waals surface area (Å²) in [5.74, 6) is 0. The highest BCUT2D eigenvalue weighted by Gasteiger charge is 2.13. The van der Waals surface area contributed by atoms with E-state index in [1.807, 2.05) is 11.3 Å². The minimum Gasteiger partial charge on any atom is -0.309 e. The lowest BCUT2D eigenvalue weighted by Crippen LogP contribution is -2.23. The number of rotatable bonds is 7. The maximum Gasteiger partial charge on any atom is 0.0898 e. The van der Waals surface area contributed by atoms with Gasteiger partial charge < -0.3 is 5.32 Å². The van der Waals surface area contributed by atoms with E-state index >= 15 is 0 Å². The highest BCUT2D eigenvalue weighted by Crippen LogP contribution is 2.22. The number of hydrogen-bond donors (Lipinski definition) is 1. The van der Waals surface area contributed by atoms with Crippen LogP contribution in [0.5, 0.6) is 0 Å². The van der Waals surface area contributed by atoms with Crippen LogP contribution in [0.2, 0.25) is 0 Å². The Hall–Kier alpha value is -0.710. The lowest BCUT2D eigenvalue weighted by atomic mass is 10.1. The molecule has 2 aromatic rings. The zero-order valence-corrected chi connectivity index (χ0v) is 12.6. The average molecular weight is 280 g/mol. The summed E-state index contributed by atoms with van der Waals surface area (Å²) in [5, 5.41) is 9.11. The molecule has 0 amide bonds. The van der Waals surface area contributed by atoms with Crippen LogP contribution in [0.4, 0.5) is 0 Å². The normalized spacial score (nSPS) is 12.8. The molecule has 0 aliphatic heterocycles. The quantitative estimate of drug-likeness (QED) is 0.822. The Morgan fingerprint density at radius 1 is 1.39 bits per heavy atom. The maximum absolute atomic E-state index is 4.62. The Labute approximate surface area is 117 Å². The monoisotopic (exact) mass is 280 g/mol. The van der Waals surface area contributed by atoms with Gasteiger partial charge in [0.2, 0.25) is 0 Å². The van der Waals surface area contributed by atoms with E-state index < -0.39 is 0 Å². The Morgan fingerprint density at radius 3 is 2.89 bits per heavy atom. The molecule has 0 saturated carbocycles. The van der Waals surface area contributed by atoms with E-state index in [0.29, 0.717) is 6.04 Å². The second kappa shape index (κ2) is 7.02. The molecule has 0 saturated heterocycles. The molecule has 2 aromatic heterocycles. The molecule has 0 aliphatic carbocycles. The molecule has 2 heterocycles. The molecule has 0 aliphatic rings. The van der Waals surface area contributed by atoms with E-state index in [1.165, 1.54) is 17.0 Å². The molecule has 0 bridgehead atoms. The highest BCUT2D eigenvalue weighted by atomic mass is 32.1. The molecular weight excluding hydrogens is 260 g/mol. The van der Waals surface area contributed by atoms with Crippen molar-refractivity contribution in [2.75, 3.05) is 6.54 Å². The fraction of sp³-hybridized carbons (Fsp3) is 0.500. The van der Waals surface area contributed by atoms with E-state index in [4.69, 9.17) is 0 Å². The summed E-state index contributed by atoms with van der Waals surface area (Å²) in [6.45, 7) is 5.34. The molecule has 0 spiro atoms. The Bertz CT molecular complexity index is 448. The van der Waals surface area contributed by atoms with E-state index in [0.717, 1.165) is 24.4 Å². The van der Waals surface area contributed by atoms with Crippen molar-refractivity contribution >= 4 is 22.7 Å². The minimum absolute atomic E-state index is 0.400. The van der Waals surface area contributed by atoms with Crippen molar-refractivity contribution < 1.29 is 0 Å². The Balaban J connectivity index is 1.96. The number of thiophene rings is 1. The van der Waals surface area contributed by atoms with Crippen LogP contribution < -0.4 is 5.32 Å². The van der Waals surface area contributed by atoms with Crippen LogP contribution in [0.1, 0.15) is 41.4 Å². The highest BCUT2D eigenvalue weighted by molar-refractivity contribution is 7.10. The van der Waals surface area contributed by atoms with Gasteiger partial charge in [-0.15, -0.1) is 22.7 Å². The predicted octanol–water partition coefficient (Wildman–Crippen LogP) is 4.19. The third-order valence-corrected chi connectivity index (χ3v) is 4.62. The number of nitrogens with one attached hydrogen (secondary N) is 1. The van der Waals surface area contributed by atoms with Crippen molar-refractivity contribution in [1.82, 2.24) is 10.3 Å². The van der Waals surface area contributed by atoms with Gasteiger partial charge in [0.25, 0.3) is 0 Å². The smallest absolute Gasteiger partial charge is 0.0898 e. The van der Waals surface area contributed by atoms with Crippen LogP contribution >= 0.6 is 22.7 Å². The van der Waals surface area contributed by atoms with E-state index in [2.05, 4.69) is 47.0 Å². The summed E-state index contributed by atoms with van der Waals surface area (Å²) in [7, 11) is 0. The van der Waals surface area contributed by atoms with Crippen molar-refractivity contribution in [3.05, 3.63) is 38.5 Å². The maximum atomic E-state index is 4.62. The Kier molecular flexibility index (Phi) is 5.35. The minimum atomic E-state index is 0.400.